The fourth-order valence-electron chi connectivity index (χ4n) is 1.95. The normalized spacial score (nSPS) is 11.9. The molecule has 2 aromatic carbocycles. The number of ether oxygens (including phenoxy) is 2. The number of rotatable bonds is 7. The summed E-state index contributed by atoms with van der Waals surface area (Å²) in [5.74, 6) is 0.540. The molecule has 0 aliphatic rings. The lowest BCUT2D eigenvalue weighted by atomic mass is 10.1. The summed E-state index contributed by atoms with van der Waals surface area (Å²) in [5.41, 5.74) is 0.899. The van der Waals surface area contributed by atoms with Gasteiger partial charge in [-0.05, 0) is 36.8 Å². The van der Waals surface area contributed by atoms with Crippen molar-refractivity contribution in [3.05, 3.63) is 60.2 Å². The van der Waals surface area contributed by atoms with Crippen LogP contribution in [0.2, 0.25) is 0 Å². The van der Waals surface area contributed by atoms with E-state index in [1.165, 1.54) is 0 Å². The molecule has 0 spiro atoms. The fourth-order valence-corrected chi connectivity index (χ4v) is 1.95. The third kappa shape index (κ3) is 4.61. The van der Waals surface area contributed by atoms with Gasteiger partial charge in [0.25, 0.3) is 0 Å². The second-order valence-corrected chi connectivity index (χ2v) is 4.55. The quantitative estimate of drug-likeness (QED) is 0.846. The van der Waals surface area contributed by atoms with Crippen molar-refractivity contribution in [1.82, 2.24) is 0 Å². The van der Waals surface area contributed by atoms with Crippen LogP contribution in [0.25, 0.3) is 0 Å². The second-order valence-electron chi connectivity index (χ2n) is 4.55. The maximum Gasteiger partial charge on any atom is 0.333 e. The van der Waals surface area contributed by atoms with E-state index in [2.05, 4.69) is 0 Å². The summed E-state index contributed by atoms with van der Waals surface area (Å²) in [7, 11) is 0. The van der Waals surface area contributed by atoms with Gasteiger partial charge in [-0.1, -0.05) is 30.3 Å². The van der Waals surface area contributed by atoms with E-state index in [0.29, 0.717) is 18.8 Å². The molecule has 2 aromatic rings. The highest BCUT2D eigenvalue weighted by molar-refractivity contribution is 5.72. The number of hydrogen-bond acceptors (Lipinski definition) is 3. The molecule has 0 saturated carbocycles. The van der Waals surface area contributed by atoms with Gasteiger partial charge in [0.15, 0.2) is 6.10 Å². The highest BCUT2D eigenvalue weighted by atomic mass is 16.5. The predicted molar refractivity (Wildman–Crippen MR) is 79.7 cm³/mol. The summed E-state index contributed by atoms with van der Waals surface area (Å²) >= 11 is 0. The monoisotopic (exact) mass is 286 g/mol. The minimum Gasteiger partial charge on any atom is -0.479 e. The third-order valence-corrected chi connectivity index (χ3v) is 2.97. The summed E-state index contributed by atoms with van der Waals surface area (Å²) in [5, 5.41) is 9.07. The molecule has 1 atom stereocenters. The van der Waals surface area contributed by atoms with Crippen molar-refractivity contribution in [2.75, 3.05) is 6.61 Å². The molecule has 2 rings (SSSR count). The smallest absolute Gasteiger partial charge is 0.333 e. The molecule has 0 fully saturated rings. The van der Waals surface area contributed by atoms with Crippen LogP contribution in [0, 0.1) is 0 Å². The van der Waals surface area contributed by atoms with Crippen LogP contribution in [0.1, 0.15) is 12.5 Å². The Labute approximate surface area is 123 Å². The molecule has 0 aliphatic carbocycles. The van der Waals surface area contributed by atoms with Crippen LogP contribution in [0.3, 0.4) is 0 Å². The molecule has 0 heterocycles. The highest BCUT2D eigenvalue weighted by Crippen LogP contribution is 2.21. The van der Waals surface area contributed by atoms with Crippen LogP contribution in [0.4, 0.5) is 0 Å². The molecule has 0 radical (unpaired) electrons. The van der Waals surface area contributed by atoms with Gasteiger partial charge in [-0.25, -0.2) is 4.79 Å². The number of carbonyl (C=O) groups is 1. The van der Waals surface area contributed by atoms with Crippen molar-refractivity contribution < 1.29 is 19.4 Å². The molecule has 21 heavy (non-hydrogen) atoms. The first-order valence-electron chi connectivity index (χ1n) is 6.85. The maximum atomic E-state index is 11.1. The Balaban J connectivity index is 2.00. The molecule has 4 heteroatoms. The maximum absolute atomic E-state index is 11.1. The van der Waals surface area contributed by atoms with Crippen molar-refractivity contribution in [3.63, 3.8) is 0 Å². The van der Waals surface area contributed by atoms with Gasteiger partial charge in [0.2, 0.25) is 0 Å². The number of carboxylic acid groups (broad SMARTS) is 1. The van der Waals surface area contributed by atoms with Gasteiger partial charge in [0.05, 0.1) is 0 Å². The third-order valence-electron chi connectivity index (χ3n) is 2.97. The Morgan fingerprint density at radius 3 is 2.24 bits per heavy atom. The molecular weight excluding hydrogens is 268 g/mol. The number of aliphatic carboxylic acids is 1. The lowest BCUT2D eigenvalue weighted by Gasteiger charge is -2.12. The van der Waals surface area contributed by atoms with Crippen LogP contribution in [-0.2, 0) is 16.0 Å². The molecule has 0 amide bonds. The van der Waals surface area contributed by atoms with Crippen LogP contribution >= 0.6 is 0 Å². The number of para-hydroxylation sites is 1. The van der Waals surface area contributed by atoms with E-state index in [1.54, 1.807) is 6.92 Å². The van der Waals surface area contributed by atoms with Gasteiger partial charge in [-0.3, -0.25) is 0 Å². The van der Waals surface area contributed by atoms with Gasteiger partial charge in [0.1, 0.15) is 11.5 Å². The van der Waals surface area contributed by atoms with Gasteiger partial charge in [-0.2, -0.15) is 0 Å². The first kappa shape index (κ1) is 15.1. The second kappa shape index (κ2) is 7.45. The number of carboxylic acids is 1. The molecule has 110 valence electrons. The first-order valence-corrected chi connectivity index (χ1v) is 6.85. The summed E-state index contributed by atoms with van der Waals surface area (Å²) < 4.78 is 10.9. The molecule has 0 aliphatic heterocycles. The Hall–Kier alpha value is -2.33. The Morgan fingerprint density at radius 1 is 1.05 bits per heavy atom. The van der Waals surface area contributed by atoms with Gasteiger partial charge in [0, 0.05) is 13.0 Å². The predicted octanol–water partition coefficient (Wildman–Crippen LogP) is 3.51. The molecule has 0 unspecified atom stereocenters. The highest BCUT2D eigenvalue weighted by Gasteiger charge is 2.17. The Bertz CT molecular complexity index is 563. The summed E-state index contributed by atoms with van der Waals surface area (Å²) in [6.07, 6.45) is -0.467. The van der Waals surface area contributed by atoms with Crippen molar-refractivity contribution in [1.29, 1.82) is 0 Å². The summed E-state index contributed by atoms with van der Waals surface area (Å²) in [6, 6.07) is 16.9. The molecule has 0 aromatic heterocycles. The molecular formula is C17H18O4. The van der Waals surface area contributed by atoms with E-state index in [0.717, 1.165) is 11.3 Å². The number of hydrogen-bond donors (Lipinski definition) is 1. The SMILES string of the molecule is CCO[C@@H](Cc1ccc(Oc2ccccc2)cc1)C(=O)O. The van der Waals surface area contributed by atoms with Gasteiger partial charge >= 0.3 is 5.97 Å². The van der Waals surface area contributed by atoms with E-state index in [1.807, 2.05) is 54.6 Å². The average Bonchev–Trinajstić information content (AvgIpc) is 2.49. The summed E-state index contributed by atoms with van der Waals surface area (Å²) in [6.45, 7) is 2.17. The molecule has 4 nitrogen and oxygen atoms in total. The fraction of sp³-hybridized carbons (Fsp3) is 0.235. The average molecular weight is 286 g/mol. The van der Waals surface area contributed by atoms with Crippen molar-refractivity contribution in [2.45, 2.75) is 19.4 Å². The lowest BCUT2D eigenvalue weighted by Crippen LogP contribution is -2.26. The minimum absolute atomic E-state index is 0.342. The zero-order chi connectivity index (χ0) is 15.1. The van der Waals surface area contributed by atoms with Crippen molar-refractivity contribution in [2.24, 2.45) is 0 Å². The van der Waals surface area contributed by atoms with Crippen LogP contribution < -0.4 is 4.74 Å². The Morgan fingerprint density at radius 2 is 1.67 bits per heavy atom. The van der Waals surface area contributed by atoms with E-state index >= 15 is 0 Å². The van der Waals surface area contributed by atoms with E-state index < -0.39 is 12.1 Å². The van der Waals surface area contributed by atoms with Crippen LogP contribution in [-0.4, -0.2) is 23.8 Å². The van der Waals surface area contributed by atoms with Crippen molar-refractivity contribution in [3.8, 4) is 11.5 Å². The van der Waals surface area contributed by atoms with E-state index in [-0.39, 0.29) is 0 Å². The standard InChI is InChI=1S/C17H18O4/c1-2-20-16(17(18)19)12-13-8-10-15(11-9-13)21-14-6-4-3-5-7-14/h3-11,16H,2,12H2,1H3,(H,18,19)/t16-/m0/s1. The summed E-state index contributed by atoms with van der Waals surface area (Å²) in [4.78, 5) is 11.1. The zero-order valence-corrected chi connectivity index (χ0v) is 11.9. The first-order chi connectivity index (χ1) is 10.2. The molecule has 0 bridgehead atoms. The van der Waals surface area contributed by atoms with E-state index in [4.69, 9.17) is 14.6 Å². The lowest BCUT2D eigenvalue weighted by molar-refractivity contribution is -0.149. The van der Waals surface area contributed by atoms with Gasteiger partial charge in [-0.15, -0.1) is 0 Å². The van der Waals surface area contributed by atoms with Crippen LogP contribution in [0.15, 0.2) is 54.6 Å². The largest absolute Gasteiger partial charge is 0.479 e. The topological polar surface area (TPSA) is 55.8 Å². The van der Waals surface area contributed by atoms with Crippen LogP contribution in [0.5, 0.6) is 11.5 Å². The molecule has 0 saturated heterocycles. The minimum atomic E-state index is -0.943. The molecule has 1 N–H and O–H groups in total. The number of benzene rings is 2. The van der Waals surface area contributed by atoms with Gasteiger partial charge < -0.3 is 14.6 Å². The zero-order valence-electron chi connectivity index (χ0n) is 11.9. The van der Waals surface area contributed by atoms with Crippen molar-refractivity contribution >= 4 is 5.97 Å². The van der Waals surface area contributed by atoms with E-state index in [9.17, 15) is 4.79 Å². The Kier molecular flexibility index (Phi) is 5.35.